The van der Waals surface area contributed by atoms with E-state index < -0.39 is 16.0 Å². The minimum absolute atomic E-state index is 0.0294. The number of aromatic carboxylic acids is 1. The van der Waals surface area contributed by atoms with E-state index in [4.69, 9.17) is 0 Å². The monoisotopic (exact) mass is 348 g/mol. The molecule has 0 spiro atoms. The van der Waals surface area contributed by atoms with Crippen LogP contribution in [-0.2, 0) is 16.6 Å². The lowest BCUT2D eigenvalue weighted by Gasteiger charge is -2.14. The molecule has 0 aliphatic carbocycles. The topological polar surface area (TPSA) is 95.5 Å². The molecule has 6 nitrogen and oxygen atoms in total. The molecule has 3 N–H and O–H groups in total. The van der Waals surface area contributed by atoms with Crippen LogP contribution in [0.1, 0.15) is 29.8 Å². The number of carboxylic acids is 1. The average molecular weight is 348 g/mol. The molecule has 0 amide bonds. The zero-order valence-electron chi connectivity index (χ0n) is 13.5. The van der Waals surface area contributed by atoms with Crippen LogP contribution in [0, 0.1) is 0 Å². The lowest BCUT2D eigenvalue weighted by atomic mass is 10.1. The average Bonchev–Trinajstić information content (AvgIpc) is 2.53. The normalized spacial score (nSPS) is 11.5. The molecule has 24 heavy (non-hydrogen) atoms. The number of hydrogen-bond donors (Lipinski definition) is 3. The van der Waals surface area contributed by atoms with Gasteiger partial charge in [-0.05, 0) is 37.6 Å². The number of benzene rings is 2. The highest BCUT2D eigenvalue weighted by Gasteiger charge is 2.19. The maximum Gasteiger partial charge on any atom is 0.337 e. The van der Waals surface area contributed by atoms with Crippen molar-refractivity contribution in [1.29, 1.82) is 0 Å². The van der Waals surface area contributed by atoms with Crippen LogP contribution < -0.4 is 10.0 Å². The Balaban J connectivity index is 2.26. The fourth-order valence-corrected chi connectivity index (χ4v) is 3.21. The number of nitrogens with one attached hydrogen (secondary N) is 2. The molecule has 0 bridgehead atoms. The van der Waals surface area contributed by atoms with Crippen LogP contribution in [0.15, 0.2) is 53.4 Å². The van der Waals surface area contributed by atoms with E-state index in [2.05, 4.69) is 10.0 Å². The van der Waals surface area contributed by atoms with Gasteiger partial charge < -0.3 is 10.4 Å². The van der Waals surface area contributed by atoms with Crippen molar-refractivity contribution in [2.75, 3.05) is 5.32 Å². The first-order valence-corrected chi connectivity index (χ1v) is 8.95. The molecule has 7 heteroatoms. The Morgan fingerprint density at radius 2 is 1.79 bits per heavy atom. The van der Waals surface area contributed by atoms with E-state index in [9.17, 15) is 18.3 Å². The number of sulfonamides is 1. The van der Waals surface area contributed by atoms with Gasteiger partial charge in [-0.25, -0.2) is 17.9 Å². The van der Waals surface area contributed by atoms with Crippen molar-refractivity contribution >= 4 is 21.7 Å². The molecule has 0 unspecified atom stereocenters. The van der Waals surface area contributed by atoms with E-state index in [1.54, 1.807) is 12.1 Å². The van der Waals surface area contributed by atoms with Crippen LogP contribution in [-0.4, -0.2) is 25.5 Å². The van der Waals surface area contributed by atoms with Gasteiger partial charge in [0.15, 0.2) is 0 Å². The maximum atomic E-state index is 12.4. The van der Waals surface area contributed by atoms with Gasteiger partial charge in [-0.15, -0.1) is 0 Å². The Hall–Kier alpha value is -2.38. The largest absolute Gasteiger partial charge is 0.478 e. The number of carbonyl (C=O) groups is 1. The summed E-state index contributed by atoms with van der Waals surface area (Å²) in [5.41, 5.74) is 1.13. The number of rotatable bonds is 7. The summed E-state index contributed by atoms with van der Waals surface area (Å²) < 4.78 is 27.3. The molecule has 0 aliphatic rings. The van der Waals surface area contributed by atoms with Crippen molar-refractivity contribution in [3.8, 4) is 0 Å². The van der Waals surface area contributed by atoms with E-state index >= 15 is 0 Å². The van der Waals surface area contributed by atoms with Crippen LogP contribution in [0.25, 0.3) is 0 Å². The second kappa shape index (κ2) is 7.46. The third-order valence-electron chi connectivity index (χ3n) is 3.29. The summed E-state index contributed by atoms with van der Waals surface area (Å²) in [6.07, 6.45) is 0. The van der Waals surface area contributed by atoms with Crippen LogP contribution in [0.3, 0.4) is 0 Å². The lowest BCUT2D eigenvalue weighted by molar-refractivity contribution is 0.0697. The third-order valence-corrected chi connectivity index (χ3v) is 4.68. The van der Waals surface area contributed by atoms with Gasteiger partial charge in [0.25, 0.3) is 0 Å². The molecule has 2 rings (SSSR count). The summed E-state index contributed by atoms with van der Waals surface area (Å²) in [6, 6.07) is 13.2. The molecule has 0 aromatic heterocycles. The summed E-state index contributed by atoms with van der Waals surface area (Å²) in [5, 5.41) is 12.3. The smallest absolute Gasteiger partial charge is 0.337 e. The quantitative estimate of drug-likeness (QED) is 0.715. The highest BCUT2D eigenvalue weighted by Crippen LogP contribution is 2.21. The summed E-state index contributed by atoms with van der Waals surface area (Å²) in [7, 11) is -3.80. The van der Waals surface area contributed by atoms with Crippen molar-refractivity contribution in [1.82, 2.24) is 4.72 Å². The minimum Gasteiger partial charge on any atom is -0.478 e. The van der Waals surface area contributed by atoms with Crippen molar-refractivity contribution in [3.63, 3.8) is 0 Å². The standard InChI is InChI=1S/C17H20N2O4S/c1-12(2)19-16-9-8-14(10-15(16)17(20)21)24(22,23)18-11-13-6-4-3-5-7-13/h3-10,12,18-19H,11H2,1-2H3,(H,20,21). The van der Waals surface area contributed by atoms with Gasteiger partial charge in [0.05, 0.1) is 10.5 Å². The SMILES string of the molecule is CC(C)Nc1ccc(S(=O)(=O)NCc2ccccc2)cc1C(=O)O. The second-order valence-corrected chi connectivity index (χ2v) is 7.39. The highest BCUT2D eigenvalue weighted by atomic mass is 32.2. The zero-order chi connectivity index (χ0) is 17.7. The Morgan fingerprint density at radius 3 is 2.38 bits per heavy atom. The Labute approximate surface area is 141 Å². The molecule has 0 fully saturated rings. The molecule has 0 saturated heterocycles. The van der Waals surface area contributed by atoms with Crippen molar-refractivity contribution in [2.24, 2.45) is 0 Å². The Morgan fingerprint density at radius 1 is 1.12 bits per heavy atom. The first-order chi connectivity index (χ1) is 11.3. The van der Waals surface area contributed by atoms with Crippen molar-refractivity contribution < 1.29 is 18.3 Å². The van der Waals surface area contributed by atoms with E-state index in [0.29, 0.717) is 5.69 Å². The molecular weight excluding hydrogens is 328 g/mol. The fraction of sp³-hybridized carbons (Fsp3) is 0.235. The molecule has 0 atom stereocenters. The predicted molar refractivity (Wildman–Crippen MR) is 92.6 cm³/mol. The third kappa shape index (κ3) is 4.56. The van der Waals surface area contributed by atoms with E-state index in [-0.39, 0.29) is 23.0 Å². The number of anilines is 1. The first kappa shape index (κ1) is 18.0. The van der Waals surface area contributed by atoms with Gasteiger partial charge in [-0.3, -0.25) is 0 Å². The van der Waals surface area contributed by atoms with Gasteiger partial charge in [0.2, 0.25) is 10.0 Å². The van der Waals surface area contributed by atoms with Gasteiger partial charge in [-0.2, -0.15) is 0 Å². The Bertz CT molecular complexity index is 818. The van der Waals surface area contributed by atoms with Crippen LogP contribution in [0.4, 0.5) is 5.69 Å². The lowest BCUT2D eigenvalue weighted by Crippen LogP contribution is -2.24. The molecule has 128 valence electrons. The van der Waals surface area contributed by atoms with Gasteiger partial charge in [0.1, 0.15) is 0 Å². The fourth-order valence-electron chi connectivity index (χ4n) is 2.16. The van der Waals surface area contributed by atoms with Crippen LogP contribution in [0.5, 0.6) is 0 Å². The molecule has 0 saturated carbocycles. The predicted octanol–water partition coefficient (Wildman–Crippen LogP) is 2.68. The van der Waals surface area contributed by atoms with E-state index in [1.165, 1.54) is 18.2 Å². The number of hydrogen-bond acceptors (Lipinski definition) is 4. The molecule has 2 aromatic carbocycles. The molecule has 0 heterocycles. The molecule has 0 radical (unpaired) electrons. The number of carboxylic acid groups (broad SMARTS) is 1. The highest BCUT2D eigenvalue weighted by molar-refractivity contribution is 7.89. The summed E-state index contributed by atoms with van der Waals surface area (Å²) in [6.45, 7) is 3.88. The van der Waals surface area contributed by atoms with E-state index in [0.717, 1.165) is 5.56 Å². The van der Waals surface area contributed by atoms with Crippen molar-refractivity contribution in [2.45, 2.75) is 31.3 Å². The molecule has 0 aliphatic heterocycles. The second-order valence-electron chi connectivity index (χ2n) is 5.62. The molecule has 2 aromatic rings. The minimum atomic E-state index is -3.80. The summed E-state index contributed by atoms with van der Waals surface area (Å²) >= 11 is 0. The molecular formula is C17H20N2O4S. The Kier molecular flexibility index (Phi) is 5.58. The van der Waals surface area contributed by atoms with Crippen molar-refractivity contribution in [3.05, 3.63) is 59.7 Å². The summed E-state index contributed by atoms with van der Waals surface area (Å²) in [4.78, 5) is 11.3. The van der Waals surface area contributed by atoms with Gasteiger partial charge in [-0.1, -0.05) is 30.3 Å². The maximum absolute atomic E-state index is 12.4. The van der Waals surface area contributed by atoms with Crippen LogP contribution >= 0.6 is 0 Å². The van der Waals surface area contributed by atoms with Gasteiger partial charge >= 0.3 is 5.97 Å². The van der Waals surface area contributed by atoms with Gasteiger partial charge in [0, 0.05) is 18.3 Å². The van der Waals surface area contributed by atoms with E-state index in [1.807, 2.05) is 32.0 Å². The first-order valence-electron chi connectivity index (χ1n) is 7.47. The zero-order valence-corrected chi connectivity index (χ0v) is 14.3. The van der Waals surface area contributed by atoms with Crippen LogP contribution in [0.2, 0.25) is 0 Å². The summed E-state index contributed by atoms with van der Waals surface area (Å²) in [5.74, 6) is -1.18.